The molecule has 0 saturated heterocycles. The van der Waals surface area contributed by atoms with Crippen molar-refractivity contribution in [1.82, 2.24) is 9.55 Å². The van der Waals surface area contributed by atoms with Gasteiger partial charge in [-0.05, 0) is 18.4 Å². The van der Waals surface area contributed by atoms with Gasteiger partial charge in [-0.25, -0.2) is 4.98 Å². The van der Waals surface area contributed by atoms with Gasteiger partial charge in [-0.1, -0.05) is 12.1 Å². The number of thioether (sulfide) groups is 1. The van der Waals surface area contributed by atoms with E-state index in [1.807, 2.05) is 35.1 Å². The number of rotatable bonds is 3. The molecule has 1 N–H and O–H groups in total. The molecule has 2 heterocycles. The Labute approximate surface area is 121 Å². The number of carbonyl (C=O) groups is 1. The van der Waals surface area contributed by atoms with Crippen molar-refractivity contribution < 1.29 is 9.53 Å². The van der Waals surface area contributed by atoms with Gasteiger partial charge in [0.15, 0.2) is 0 Å². The van der Waals surface area contributed by atoms with Gasteiger partial charge >= 0.3 is 0 Å². The Morgan fingerprint density at radius 2 is 2.30 bits per heavy atom. The lowest BCUT2D eigenvalue weighted by Crippen LogP contribution is -2.15. The minimum Gasteiger partial charge on any atom is -0.372 e. The fourth-order valence-corrected chi connectivity index (χ4v) is 2.69. The molecule has 0 fully saturated rings. The van der Waals surface area contributed by atoms with Crippen LogP contribution in [0.15, 0.2) is 35.4 Å². The van der Waals surface area contributed by atoms with Gasteiger partial charge in [0.25, 0.3) is 5.91 Å². The SMILES string of the molecule is CSc1ccccc1NC(=O)c1cn2c(n1)COCC2. The van der Waals surface area contributed by atoms with Gasteiger partial charge in [0.2, 0.25) is 0 Å². The number of aromatic nitrogens is 2. The molecule has 3 rings (SSSR count). The molecule has 6 heteroatoms. The second-order valence-corrected chi connectivity index (χ2v) is 5.29. The number of hydrogen-bond acceptors (Lipinski definition) is 4. The largest absolute Gasteiger partial charge is 0.372 e. The minimum atomic E-state index is -0.187. The van der Waals surface area contributed by atoms with Crippen LogP contribution in [0.2, 0.25) is 0 Å². The molecule has 0 atom stereocenters. The fourth-order valence-electron chi connectivity index (χ4n) is 2.13. The number of amides is 1. The molecule has 1 aromatic heterocycles. The molecule has 0 saturated carbocycles. The van der Waals surface area contributed by atoms with Crippen LogP contribution in [0, 0.1) is 0 Å². The molecular formula is C14H15N3O2S. The fraction of sp³-hybridized carbons (Fsp3) is 0.286. The van der Waals surface area contributed by atoms with E-state index in [1.54, 1.807) is 18.0 Å². The van der Waals surface area contributed by atoms with E-state index in [9.17, 15) is 4.79 Å². The van der Waals surface area contributed by atoms with Crippen molar-refractivity contribution >= 4 is 23.4 Å². The van der Waals surface area contributed by atoms with Crippen molar-refractivity contribution in [3.63, 3.8) is 0 Å². The molecule has 1 aliphatic heterocycles. The van der Waals surface area contributed by atoms with E-state index in [4.69, 9.17) is 4.74 Å². The monoisotopic (exact) mass is 289 g/mol. The molecule has 104 valence electrons. The van der Waals surface area contributed by atoms with Gasteiger partial charge in [-0.15, -0.1) is 11.8 Å². The van der Waals surface area contributed by atoms with Gasteiger partial charge < -0.3 is 14.6 Å². The highest BCUT2D eigenvalue weighted by atomic mass is 32.2. The molecule has 5 nitrogen and oxygen atoms in total. The molecule has 1 aromatic carbocycles. The summed E-state index contributed by atoms with van der Waals surface area (Å²) in [6.07, 6.45) is 3.77. The van der Waals surface area contributed by atoms with Gasteiger partial charge in [0, 0.05) is 17.6 Å². The van der Waals surface area contributed by atoms with Crippen molar-refractivity contribution in [2.45, 2.75) is 18.0 Å². The highest BCUT2D eigenvalue weighted by molar-refractivity contribution is 7.98. The topological polar surface area (TPSA) is 56.2 Å². The lowest BCUT2D eigenvalue weighted by atomic mass is 10.3. The van der Waals surface area contributed by atoms with Gasteiger partial charge in [-0.3, -0.25) is 4.79 Å². The third kappa shape index (κ3) is 2.57. The highest BCUT2D eigenvalue weighted by Crippen LogP contribution is 2.25. The Kier molecular flexibility index (Phi) is 3.75. The number of carbonyl (C=O) groups excluding carboxylic acids is 1. The standard InChI is InChI=1S/C14H15N3O2S/c1-20-12-5-3-2-4-10(12)16-14(18)11-8-17-6-7-19-9-13(17)15-11/h2-5,8H,6-7,9H2,1H3,(H,16,18). The van der Waals surface area contributed by atoms with Crippen LogP contribution in [-0.4, -0.2) is 28.3 Å². The summed E-state index contributed by atoms with van der Waals surface area (Å²) in [4.78, 5) is 17.6. The van der Waals surface area contributed by atoms with Crippen LogP contribution in [0.5, 0.6) is 0 Å². The summed E-state index contributed by atoms with van der Waals surface area (Å²) in [5.41, 5.74) is 1.24. The van der Waals surface area contributed by atoms with Crippen LogP contribution in [0.1, 0.15) is 16.3 Å². The number of anilines is 1. The number of hydrogen-bond donors (Lipinski definition) is 1. The van der Waals surface area contributed by atoms with Crippen LogP contribution in [0.25, 0.3) is 0 Å². The molecule has 0 spiro atoms. The third-order valence-corrected chi connectivity index (χ3v) is 3.95. The first kappa shape index (κ1) is 13.2. The summed E-state index contributed by atoms with van der Waals surface area (Å²) in [5.74, 6) is 0.618. The second kappa shape index (κ2) is 5.68. The Morgan fingerprint density at radius 3 is 3.10 bits per heavy atom. The van der Waals surface area contributed by atoms with Gasteiger partial charge in [0.05, 0.1) is 12.3 Å². The minimum absolute atomic E-state index is 0.187. The summed E-state index contributed by atoms with van der Waals surface area (Å²) in [6.45, 7) is 1.88. The van der Waals surface area contributed by atoms with Crippen LogP contribution in [-0.2, 0) is 17.9 Å². The maximum atomic E-state index is 12.3. The number of nitrogens with one attached hydrogen (secondary N) is 1. The summed E-state index contributed by atoms with van der Waals surface area (Å²) < 4.78 is 7.30. The lowest BCUT2D eigenvalue weighted by molar-refractivity contribution is 0.0816. The van der Waals surface area contributed by atoms with Crippen LogP contribution < -0.4 is 5.32 Å². The highest BCUT2D eigenvalue weighted by Gasteiger charge is 2.17. The summed E-state index contributed by atoms with van der Waals surface area (Å²) in [5, 5.41) is 2.91. The smallest absolute Gasteiger partial charge is 0.275 e. The van der Waals surface area contributed by atoms with E-state index >= 15 is 0 Å². The number of nitrogens with zero attached hydrogens (tertiary/aromatic N) is 2. The van der Waals surface area contributed by atoms with Gasteiger partial charge in [0.1, 0.15) is 18.1 Å². The first-order chi connectivity index (χ1) is 9.78. The predicted molar refractivity (Wildman–Crippen MR) is 78.1 cm³/mol. The van der Waals surface area contributed by atoms with Gasteiger partial charge in [-0.2, -0.15) is 0 Å². The zero-order valence-electron chi connectivity index (χ0n) is 11.1. The van der Waals surface area contributed by atoms with Crippen molar-refractivity contribution in [2.24, 2.45) is 0 Å². The van der Waals surface area contributed by atoms with E-state index in [1.165, 1.54) is 0 Å². The first-order valence-electron chi connectivity index (χ1n) is 6.36. The maximum absolute atomic E-state index is 12.3. The zero-order chi connectivity index (χ0) is 13.9. The Morgan fingerprint density at radius 1 is 1.45 bits per heavy atom. The van der Waals surface area contributed by atoms with E-state index in [2.05, 4.69) is 10.3 Å². The quantitative estimate of drug-likeness (QED) is 0.882. The lowest BCUT2D eigenvalue weighted by Gasteiger charge is -2.13. The summed E-state index contributed by atoms with van der Waals surface area (Å²) >= 11 is 1.60. The number of ether oxygens (including phenoxy) is 1. The Bertz CT molecular complexity index is 616. The molecule has 0 unspecified atom stereocenters. The molecule has 1 aliphatic rings. The predicted octanol–water partition coefficient (Wildman–Crippen LogP) is 2.39. The molecule has 0 aliphatic carbocycles. The number of fused-ring (bicyclic) bond motifs is 1. The molecule has 0 bridgehead atoms. The molecule has 1 amide bonds. The van der Waals surface area contributed by atoms with E-state index < -0.39 is 0 Å². The van der Waals surface area contributed by atoms with Crippen molar-refractivity contribution in [3.05, 3.63) is 42.0 Å². The third-order valence-electron chi connectivity index (χ3n) is 3.15. The Hall–Kier alpha value is -1.79. The zero-order valence-corrected chi connectivity index (χ0v) is 11.9. The van der Waals surface area contributed by atoms with E-state index in [-0.39, 0.29) is 5.91 Å². The van der Waals surface area contributed by atoms with Crippen molar-refractivity contribution in [2.75, 3.05) is 18.2 Å². The van der Waals surface area contributed by atoms with Crippen LogP contribution in [0.3, 0.4) is 0 Å². The Balaban J connectivity index is 1.81. The molecule has 2 aromatic rings. The van der Waals surface area contributed by atoms with Crippen LogP contribution in [0.4, 0.5) is 5.69 Å². The van der Waals surface area contributed by atoms with Crippen LogP contribution >= 0.6 is 11.8 Å². The molecular weight excluding hydrogens is 274 g/mol. The molecule has 20 heavy (non-hydrogen) atoms. The average molecular weight is 289 g/mol. The second-order valence-electron chi connectivity index (χ2n) is 4.44. The maximum Gasteiger partial charge on any atom is 0.275 e. The summed E-state index contributed by atoms with van der Waals surface area (Å²) in [6, 6.07) is 7.73. The number of para-hydroxylation sites is 1. The van der Waals surface area contributed by atoms with Crippen molar-refractivity contribution in [1.29, 1.82) is 0 Å². The van der Waals surface area contributed by atoms with E-state index in [0.717, 1.165) is 23.0 Å². The number of benzene rings is 1. The normalized spacial score (nSPS) is 13.8. The number of imidazole rings is 1. The average Bonchev–Trinajstić information content (AvgIpc) is 2.92. The first-order valence-corrected chi connectivity index (χ1v) is 7.58. The van der Waals surface area contributed by atoms with E-state index in [0.29, 0.717) is 18.9 Å². The molecule has 0 radical (unpaired) electrons. The summed E-state index contributed by atoms with van der Waals surface area (Å²) in [7, 11) is 0. The van der Waals surface area contributed by atoms with Crippen molar-refractivity contribution in [3.8, 4) is 0 Å².